The summed E-state index contributed by atoms with van der Waals surface area (Å²) in [4.78, 5) is 11.6. The molecule has 1 amide bonds. The molecule has 0 aliphatic heterocycles. The van der Waals surface area contributed by atoms with E-state index in [1.54, 1.807) is 24.3 Å². The Morgan fingerprint density at radius 3 is 2.52 bits per heavy atom. The summed E-state index contributed by atoms with van der Waals surface area (Å²) >= 11 is 12.4. The Morgan fingerprint density at radius 2 is 1.95 bits per heavy atom. The van der Waals surface area contributed by atoms with Gasteiger partial charge in [0.15, 0.2) is 0 Å². The van der Waals surface area contributed by atoms with Crippen LogP contribution in [-0.4, -0.2) is 5.91 Å². The van der Waals surface area contributed by atoms with Crippen LogP contribution in [0.2, 0.25) is 5.02 Å². The molecule has 7 heteroatoms. The average molecular weight is 437 g/mol. The lowest BCUT2D eigenvalue weighted by atomic mass is 10.1. The fourth-order valence-corrected chi connectivity index (χ4v) is 2.62. The normalized spacial score (nSPS) is 12.0. The minimum Gasteiger partial charge on any atom is -0.370 e. The number of hydrogen-bond acceptors (Lipinski definition) is 2. The number of nitrogens with one attached hydrogen (secondary N) is 1. The Bertz CT molecular complexity index is 697. The molecule has 0 aromatic heterocycles. The molecule has 0 fully saturated rings. The molecule has 2 aromatic carbocycles. The standard InChI is InChI=1S/C14H10Br2ClFN2O/c15-7-1-3-9(12(18)5-7)13(14(19)21)20-8-2-4-11(17)10(16)6-8/h1-6,13,20H,(H2,19,21). The molecule has 0 aliphatic carbocycles. The highest BCUT2D eigenvalue weighted by atomic mass is 79.9. The molecule has 0 spiro atoms. The Kier molecular flexibility index (Phi) is 5.24. The van der Waals surface area contributed by atoms with E-state index in [1.807, 2.05) is 0 Å². The smallest absolute Gasteiger partial charge is 0.244 e. The Morgan fingerprint density at radius 1 is 1.24 bits per heavy atom. The van der Waals surface area contributed by atoms with Crippen LogP contribution in [0.5, 0.6) is 0 Å². The second-order valence-corrected chi connectivity index (χ2v) is 6.45. The minimum atomic E-state index is -0.980. The van der Waals surface area contributed by atoms with Crippen LogP contribution in [-0.2, 0) is 4.79 Å². The van der Waals surface area contributed by atoms with Gasteiger partial charge in [-0.05, 0) is 46.3 Å². The number of nitrogens with two attached hydrogens (primary N) is 1. The van der Waals surface area contributed by atoms with Gasteiger partial charge < -0.3 is 11.1 Å². The van der Waals surface area contributed by atoms with Gasteiger partial charge in [0.1, 0.15) is 11.9 Å². The summed E-state index contributed by atoms with van der Waals surface area (Å²) in [6.45, 7) is 0. The number of primary amides is 1. The van der Waals surface area contributed by atoms with Gasteiger partial charge in [0, 0.05) is 20.2 Å². The molecule has 2 aromatic rings. The topological polar surface area (TPSA) is 55.1 Å². The first-order valence-corrected chi connectivity index (χ1v) is 7.80. The number of amides is 1. The van der Waals surface area contributed by atoms with Gasteiger partial charge in [-0.25, -0.2) is 4.39 Å². The van der Waals surface area contributed by atoms with Crippen molar-refractivity contribution in [3.8, 4) is 0 Å². The van der Waals surface area contributed by atoms with Gasteiger partial charge in [-0.3, -0.25) is 4.79 Å². The first-order valence-electron chi connectivity index (χ1n) is 5.84. The quantitative estimate of drug-likeness (QED) is 0.734. The highest BCUT2D eigenvalue weighted by Crippen LogP contribution is 2.29. The molecule has 110 valence electrons. The predicted molar refractivity (Wildman–Crippen MR) is 88.8 cm³/mol. The zero-order valence-electron chi connectivity index (χ0n) is 10.5. The molecule has 0 radical (unpaired) electrons. The van der Waals surface area contributed by atoms with Crippen molar-refractivity contribution in [3.05, 3.63) is 61.7 Å². The van der Waals surface area contributed by atoms with Crippen LogP contribution in [0.3, 0.4) is 0 Å². The molecule has 3 nitrogen and oxygen atoms in total. The number of rotatable bonds is 4. The van der Waals surface area contributed by atoms with E-state index in [0.717, 1.165) is 0 Å². The Hall–Kier alpha value is -1.11. The molecular formula is C14H10Br2ClFN2O. The van der Waals surface area contributed by atoms with Crippen molar-refractivity contribution in [2.75, 3.05) is 5.32 Å². The maximum atomic E-state index is 14.0. The highest BCUT2D eigenvalue weighted by Gasteiger charge is 2.21. The van der Waals surface area contributed by atoms with Crippen LogP contribution in [0.4, 0.5) is 10.1 Å². The Balaban J connectivity index is 2.35. The van der Waals surface area contributed by atoms with Crippen LogP contribution in [0, 0.1) is 5.82 Å². The van der Waals surface area contributed by atoms with Crippen molar-refractivity contribution in [2.45, 2.75) is 6.04 Å². The molecule has 0 saturated heterocycles. The van der Waals surface area contributed by atoms with Crippen molar-refractivity contribution in [3.63, 3.8) is 0 Å². The lowest BCUT2D eigenvalue weighted by molar-refractivity contribution is -0.118. The molecule has 3 N–H and O–H groups in total. The largest absolute Gasteiger partial charge is 0.370 e. The maximum Gasteiger partial charge on any atom is 0.244 e. The molecule has 21 heavy (non-hydrogen) atoms. The SMILES string of the molecule is NC(=O)C(Nc1ccc(Cl)c(Br)c1)c1ccc(Br)cc1F. The third-order valence-electron chi connectivity index (χ3n) is 2.79. The zero-order chi connectivity index (χ0) is 15.6. The van der Waals surface area contributed by atoms with Gasteiger partial charge in [-0.2, -0.15) is 0 Å². The molecule has 0 saturated carbocycles. The predicted octanol–water partition coefficient (Wildman–Crippen LogP) is 4.64. The minimum absolute atomic E-state index is 0.178. The number of halogens is 4. The van der Waals surface area contributed by atoms with Crippen LogP contribution < -0.4 is 11.1 Å². The van der Waals surface area contributed by atoms with Crippen LogP contribution >= 0.6 is 43.5 Å². The molecule has 0 heterocycles. The second-order valence-electron chi connectivity index (χ2n) is 4.27. The maximum absolute atomic E-state index is 14.0. The van der Waals surface area contributed by atoms with Crippen molar-refractivity contribution < 1.29 is 9.18 Å². The van der Waals surface area contributed by atoms with Gasteiger partial charge in [-0.1, -0.05) is 33.6 Å². The summed E-state index contributed by atoms with van der Waals surface area (Å²) in [5.41, 5.74) is 6.15. The lowest BCUT2D eigenvalue weighted by Gasteiger charge is -2.18. The van der Waals surface area contributed by atoms with E-state index in [-0.39, 0.29) is 5.56 Å². The average Bonchev–Trinajstić information content (AvgIpc) is 2.40. The first kappa shape index (κ1) is 16.3. The fraction of sp³-hybridized carbons (Fsp3) is 0.0714. The Labute approximate surface area is 142 Å². The summed E-state index contributed by atoms with van der Waals surface area (Å²) in [6, 6.07) is 8.48. The van der Waals surface area contributed by atoms with E-state index in [2.05, 4.69) is 37.2 Å². The molecule has 0 bridgehead atoms. The van der Waals surface area contributed by atoms with Gasteiger partial charge >= 0.3 is 0 Å². The number of carbonyl (C=O) groups excluding carboxylic acids is 1. The third-order valence-corrected chi connectivity index (χ3v) is 4.50. The van der Waals surface area contributed by atoms with E-state index in [9.17, 15) is 9.18 Å². The summed E-state index contributed by atoms with van der Waals surface area (Å²) < 4.78 is 15.2. The van der Waals surface area contributed by atoms with E-state index >= 15 is 0 Å². The molecule has 2 rings (SSSR count). The number of hydrogen-bond donors (Lipinski definition) is 2. The summed E-state index contributed by atoms with van der Waals surface area (Å²) in [7, 11) is 0. The number of carbonyl (C=O) groups is 1. The highest BCUT2D eigenvalue weighted by molar-refractivity contribution is 9.10. The van der Waals surface area contributed by atoms with E-state index in [0.29, 0.717) is 19.7 Å². The van der Waals surface area contributed by atoms with Gasteiger partial charge in [0.2, 0.25) is 5.91 Å². The zero-order valence-corrected chi connectivity index (χ0v) is 14.5. The van der Waals surface area contributed by atoms with Crippen LogP contribution in [0.1, 0.15) is 11.6 Å². The fourth-order valence-electron chi connectivity index (χ4n) is 1.79. The molecule has 1 atom stereocenters. The molecule has 1 unspecified atom stereocenters. The van der Waals surface area contributed by atoms with Crippen molar-refractivity contribution >= 4 is 55.1 Å². The third kappa shape index (κ3) is 3.96. The van der Waals surface area contributed by atoms with Crippen molar-refractivity contribution in [1.29, 1.82) is 0 Å². The van der Waals surface area contributed by atoms with Crippen molar-refractivity contribution in [1.82, 2.24) is 0 Å². The van der Waals surface area contributed by atoms with Gasteiger partial charge in [0.05, 0.1) is 5.02 Å². The monoisotopic (exact) mass is 434 g/mol. The van der Waals surface area contributed by atoms with Crippen LogP contribution in [0.25, 0.3) is 0 Å². The molecule has 0 aliphatic rings. The van der Waals surface area contributed by atoms with Crippen LogP contribution in [0.15, 0.2) is 45.3 Å². The number of benzene rings is 2. The van der Waals surface area contributed by atoms with Gasteiger partial charge in [0.25, 0.3) is 0 Å². The molecular weight excluding hydrogens is 426 g/mol. The second kappa shape index (κ2) is 6.77. The summed E-state index contributed by atoms with van der Waals surface area (Å²) in [5, 5.41) is 3.44. The van der Waals surface area contributed by atoms with Crippen molar-refractivity contribution in [2.24, 2.45) is 5.73 Å². The van der Waals surface area contributed by atoms with E-state index in [1.165, 1.54) is 12.1 Å². The number of anilines is 1. The first-order chi connectivity index (χ1) is 9.88. The summed E-state index contributed by atoms with van der Waals surface area (Å²) in [6.07, 6.45) is 0. The summed E-state index contributed by atoms with van der Waals surface area (Å²) in [5.74, 6) is -1.20. The van der Waals surface area contributed by atoms with E-state index in [4.69, 9.17) is 17.3 Å². The van der Waals surface area contributed by atoms with Gasteiger partial charge in [-0.15, -0.1) is 0 Å². The lowest BCUT2D eigenvalue weighted by Crippen LogP contribution is -2.28. The van der Waals surface area contributed by atoms with E-state index < -0.39 is 17.8 Å².